The highest BCUT2D eigenvalue weighted by atomic mass is 16.5. The van der Waals surface area contributed by atoms with E-state index < -0.39 is 0 Å². The molecular weight excluding hydrogens is 210 g/mol. The molecular formula is C15H25NO. The van der Waals surface area contributed by atoms with E-state index in [-0.39, 0.29) is 0 Å². The van der Waals surface area contributed by atoms with Gasteiger partial charge in [0, 0.05) is 18.8 Å². The van der Waals surface area contributed by atoms with E-state index in [0.29, 0.717) is 0 Å². The number of benzene rings is 1. The van der Waals surface area contributed by atoms with Crippen molar-refractivity contribution < 1.29 is 4.74 Å². The third-order valence-corrected chi connectivity index (χ3v) is 2.96. The molecule has 0 aromatic heterocycles. The van der Waals surface area contributed by atoms with Crippen molar-refractivity contribution in [3.8, 4) is 0 Å². The molecule has 96 valence electrons. The van der Waals surface area contributed by atoms with E-state index in [9.17, 15) is 0 Å². The van der Waals surface area contributed by atoms with E-state index in [0.717, 1.165) is 26.3 Å². The van der Waals surface area contributed by atoms with Crippen LogP contribution in [0.25, 0.3) is 0 Å². The Morgan fingerprint density at radius 1 is 0.941 bits per heavy atom. The number of morpholine rings is 1. The number of nitrogens with zero attached hydrogens (tertiary/aromatic N) is 1. The first-order chi connectivity index (χ1) is 8.18. The SMILES string of the molecule is CC.Cc1cc(C)c(N2CCOCC2)c(C)c1. The Morgan fingerprint density at radius 3 is 1.88 bits per heavy atom. The van der Waals surface area contributed by atoms with Gasteiger partial charge in [-0.15, -0.1) is 0 Å². The first-order valence-corrected chi connectivity index (χ1v) is 6.59. The molecule has 0 unspecified atom stereocenters. The minimum Gasteiger partial charge on any atom is -0.378 e. The number of hydrogen-bond acceptors (Lipinski definition) is 2. The summed E-state index contributed by atoms with van der Waals surface area (Å²) in [4.78, 5) is 2.44. The summed E-state index contributed by atoms with van der Waals surface area (Å²) in [5.74, 6) is 0. The molecule has 0 saturated carbocycles. The van der Waals surface area contributed by atoms with Crippen LogP contribution in [0.5, 0.6) is 0 Å². The number of rotatable bonds is 1. The van der Waals surface area contributed by atoms with Gasteiger partial charge < -0.3 is 9.64 Å². The fourth-order valence-corrected chi connectivity index (χ4v) is 2.46. The van der Waals surface area contributed by atoms with Gasteiger partial charge in [-0.25, -0.2) is 0 Å². The highest BCUT2D eigenvalue weighted by Gasteiger charge is 2.15. The summed E-state index contributed by atoms with van der Waals surface area (Å²) in [5, 5.41) is 0. The zero-order chi connectivity index (χ0) is 12.8. The van der Waals surface area contributed by atoms with Crippen LogP contribution in [-0.4, -0.2) is 26.3 Å². The van der Waals surface area contributed by atoms with Gasteiger partial charge in [0.05, 0.1) is 13.2 Å². The van der Waals surface area contributed by atoms with Crippen molar-refractivity contribution in [2.75, 3.05) is 31.2 Å². The number of hydrogen-bond donors (Lipinski definition) is 0. The lowest BCUT2D eigenvalue weighted by atomic mass is 10.0. The summed E-state index contributed by atoms with van der Waals surface area (Å²) in [7, 11) is 0. The highest BCUT2D eigenvalue weighted by molar-refractivity contribution is 5.60. The van der Waals surface area contributed by atoms with Crippen LogP contribution in [0.1, 0.15) is 30.5 Å². The van der Waals surface area contributed by atoms with Gasteiger partial charge in [-0.1, -0.05) is 31.5 Å². The zero-order valence-corrected chi connectivity index (χ0v) is 11.8. The summed E-state index contributed by atoms with van der Waals surface area (Å²) in [6.07, 6.45) is 0. The van der Waals surface area contributed by atoms with Gasteiger partial charge in [-0.2, -0.15) is 0 Å². The Hall–Kier alpha value is -1.02. The summed E-state index contributed by atoms with van der Waals surface area (Å²) in [6.45, 7) is 14.3. The lowest BCUT2D eigenvalue weighted by Gasteiger charge is -2.31. The summed E-state index contributed by atoms with van der Waals surface area (Å²) >= 11 is 0. The predicted octanol–water partition coefficient (Wildman–Crippen LogP) is 3.47. The Labute approximate surface area is 106 Å². The topological polar surface area (TPSA) is 12.5 Å². The van der Waals surface area contributed by atoms with Crippen molar-refractivity contribution in [1.82, 2.24) is 0 Å². The molecule has 2 nitrogen and oxygen atoms in total. The van der Waals surface area contributed by atoms with E-state index in [2.05, 4.69) is 37.8 Å². The van der Waals surface area contributed by atoms with Gasteiger partial charge >= 0.3 is 0 Å². The fourth-order valence-electron chi connectivity index (χ4n) is 2.46. The minimum absolute atomic E-state index is 0.854. The molecule has 1 saturated heterocycles. The second kappa shape index (κ2) is 6.65. The quantitative estimate of drug-likeness (QED) is 0.739. The van der Waals surface area contributed by atoms with Crippen LogP contribution in [0.3, 0.4) is 0 Å². The molecule has 1 heterocycles. The molecule has 0 radical (unpaired) electrons. The molecule has 0 atom stereocenters. The Balaban J connectivity index is 0.000000686. The third kappa shape index (κ3) is 3.47. The summed E-state index contributed by atoms with van der Waals surface area (Å²) in [5.41, 5.74) is 5.52. The van der Waals surface area contributed by atoms with Gasteiger partial charge in [0.1, 0.15) is 0 Å². The molecule has 0 N–H and O–H groups in total. The second-order valence-electron chi connectivity index (χ2n) is 4.35. The van der Waals surface area contributed by atoms with E-state index in [1.807, 2.05) is 13.8 Å². The average Bonchev–Trinajstić information content (AvgIpc) is 2.31. The van der Waals surface area contributed by atoms with Crippen LogP contribution in [0.4, 0.5) is 5.69 Å². The average molecular weight is 235 g/mol. The molecule has 1 aliphatic rings. The van der Waals surface area contributed by atoms with E-state index >= 15 is 0 Å². The molecule has 1 aliphatic heterocycles. The predicted molar refractivity (Wildman–Crippen MR) is 75.0 cm³/mol. The maximum atomic E-state index is 5.38. The molecule has 2 heteroatoms. The Kier molecular flexibility index (Phi) is 5.49. The third-order valence-electron chi connectivity index (χ3n) is 2.96. The van der Waals surface area contributed by atoms with Crippen LogP contribution in [0.2, 0.25) is 0 Å². The van der Waals surface area contributed by atoms with Crippen molar-refractivity contribution in [3.05, 3.63) is 28.8 Å². The van der Waals surface area contributed by atoms with E-state index in [1.54, 1.807) is 0 Å². The van der Waals surface area contributed by atoms with Crippen molar-refractivity contribution in [2.24, 2.45) is 0 Å². The van der Waals surface area contributed by atoms with Crippen LogP contribution in [-0.2, 0) is 4.74 Å². The van der Waals surface area contributed by atoms with Crippen LogP contribution in [0.15, 0.2) is 12.1 Å². The van der Waals surface area contributed by atoms with Crippen molar-refractivity contribution >= 4 is 5.69 Å². The molecule has 0 amide bonds. The normalized spacial score (nSPS) is 15.2. The molecule has 0 spiro atoms. The summed E-state index contributed by atoms with van der Waals surface area (Å²) in [6, 6.07) is 4.52. The first kappa shape index (κ1) is 14.0. The lowest BCUT2D eigenvalue weighted by molar-refractivity contribution is 0.122. The van der Waals surface area contributed by atoms with Crippen molar-refractivity contribution in [3.63, 3.8) is 0 Å². The molecule has 1 aromatic carbocycles. The van der Waals surface area contributed by atoms with Gasteiger partial charge in [-0.3, -0.25) is 0 Å². The van der Waals surface area contributed by atoms with Crippen LogP contribution in [0, 0.1) is 20.8 Å². The maximum absolute atomic E-state index is 5.38. The minimum atomic E-state index is 0.854. The smallest absolute Gasteiger partial charge is 0.0642 e. The molecule has 1 fully saturated rings. The Bertz CT molecular complexity index is 331. The number of aryl methyl sites for hydroxylation is 3. The molecule has 0 bridgehead atoms. The van der Waals surface area contributed by atoms with Crippen molar-refractivity contribution in [1.29, 1.82) is 0 Å². The first-order valence-electron chi connectivity index (χ1n) is 6.59. The number of anilines is 1. The van der Waals surface area contributed by atoms with Crippen LogP contribution >= 0.6 is 0 Å². The molecule has 17 heavy (non-hydrogen) atoms. The monoisotopic (exact) mass is 235 g/mol. The highest BCUT2D eigenvalue weighted by Crippen LogP contribution is 2.26. The fraction of sp³-hybridized carbons (Fsp3) is 0.600. The summed E-state index contributed by atoms with van der Waals surface area (Å²) < 4.78 is 5.38. The molecule has 0 aliphatic carbocycles. The number of ether oxygens (including phenoxy) is 1. The maximum Gasteiger partial charge on any atom is 0.0642 e. The largest absolute Gasteiger partial charge is 0.378 e. The van der Waals surface area contributed by atoms with Crippen LogP contribution < -0.4 is 4.90 Å². The standard InChI is InChI=1S/C13H19NO.C2H6/c1-10-8-11(2)13(12(3)9-10)14-4-6-15-7-5-14;1-2/h8-9H,4-7H2,1-3H3;1-2H3. The lowest BCUT2D eigenvalue weighted by Crippen LogP contribution is -2.37. The van der Waals surface area contributed by atoms with E-state index in [1.165, 1.54) is 22.4 Å². The van der Waals surface area contributed by atoms with E-state index in [4.69, 9.17) is 4.74 Å². The Morgan fingerprint density at radius 2 is 1.41 bits per heavy atom. The van der Waals surface area contributed by atoms with Gasteiger partial charge in [0.2, 0.25) is 0 Å². The van der Waals surface area contributed by atoms with Crippen molar-refractivity contribution in [2.45, 2.75) is 34.6 Å². The molecule has 2 rings (SSSR count). The molecule has 1 aromatic rings. The van der Waals surface area contributed by atoms with Gasteiger partial charge in [0.15, 0.2) is 0 Å². The second-order valence-corrected chi connectivity index (χ2v) is 4.35. The van der Waals surface area contributed by atoms with Gasteiger partial charge in [0.25, 0.3) is 0 Å². The van der Waals surface area contributed by atoms with Gasteiger partial charge in [-0.05, 0) is 31.9 Å². The zero-order valence-electron chi connectivity index (χ0n) is 11.8.